The zero-order valence-electron chi connectivity index (χ0n) is 13.9. The number of amides is 1. The average molecular weight is 401 g/mol. The Balaban J connectivity index is 1.60. The first kappa shape index (κ1) is 17.2. The van der Waals surface area contributed by atoms with Crippen molar-refractivity contribution in [3.05, 3.63) is 75.8 Å². The number of nitrogens with one attached hydrogen (secondary N) is 1. The van der Waals surface area contributed by atoms with Crippen LogP contribution in [0.4, 0.5) is 0 Å². The summed E-state index contributed by atoms with van der Waals surface area (Å²) in [5.41, 5.74) is 3.05. The van der Waals surface area contributed by atoms with Crippen LogP contribution in [-0.2, 0) is 6.54 Å². The van der Waals surface area contributed by atoms with Gasteiger partial charge in [0.25, 0.3) is 5.91 Å². The Morgan fingerprint density at radius 3 is 2.72 bits per heavy atom. The van der Waals surface area contributed by atoms with Gasteiger partial charge in [-0.2, -0.15) is 0 Å². The Kier molecular flexibility index (Phi) is 5.19. The molecule has 1 N–H and O–H groups in total. The third-order valence-electron chi connectivity index (χ3n) is 3.61. The Morgan fingerprint density at radius 1 is 1.20 bits per heavy atom. The van der Waals surface area contributed by atoms with Crippen LogP contribution in [0.15, 0.2) is 57.7 Å². The molecule has 128 valence electrons. The topological polar surface area (TPSA) is 64.4 Å². The minimum atomic E-state index is -0.276. The molecule has 5 nitrogen and oxygen atoms in total. The van der Waals surface area contributed by atoms with E-state index < -0.39 is 0 Å². The molecule has 0 aliphatic carbocycles. The first-order valence-electron chi connectivity index (χ1n) is 7.75. The lowest BCUT2D eigenvalue weighted by atomic mass is 10.1. The van der Waals surface area contributed by atoms with Gasteiger partial charge < -0.3 is 14.5 Å². The minimum Gasteiger partial charge on any atom is -0.444 e. The van der Waals surface area contributed by atoms with Crippen LogP contribution in [0.5, 0.6) is 11.6 Å². The lowest BCUT2D eigenvalue weighted by Gasteiger charge is -2.09. The number of benzene rings is 1. The number of aromatic nitrogens is 1. The number of pyridine rings is 1. The summed E-state index contributed by atoms with van der Waals surface area (Å²) >= 11 is 3.17. The number of nitrogens with zero attached hydrogens (tertiary/aromatic N) is 1. The molecular formula is C19H17BrN2O3. The van der Waals surface area contributed by atoms with Gasteiger partial charge in [-0.3, -0.25) is 4.79 Å². The van der Waals surface area contributed by atoms with E-state index in [1.807, 2.05) is 38.1 Å². The van der Waals surface area contributed by atoms with Gasteiger partial charge in [-0.25, -0.2) is 4.98 Å². The molecule has 0 aliphatic rings. The standard InChI is InChI=1S/C19H17BrN2O3/c1-12-3-4-13(2)16(9-12)25-18-8-5-14(10-21-18)11-22-19(23)15-6-7-17(20)24-15/h3-10H,11H2,1-2H3,(H,22,23). The number of carbonyl (C=O) groups excluding carboxylic acids is 1. The van der Waals surface area contributed by atoms with Gasteiger partial charge in [0.15, 0.2) is 10.4 Å². The van der Waals surface area contributed by atoms with Crippen molar-refractivity contribution in [2.24, 2.45) is 0 Å². The Labute approximate surface area is 154 Å². The lowest BCUT2D eigenvalue weighted by molar-refractivity contribution is 0.0922. The molecule has 0 unspecified atom stereocenters. The number of hydrogen-bond donors (Lipinski definition) is 1. The molecule has 2 aromatic heterocycles. The zero-order chi connectivity index (χ0) is 17.8. The maximum absolute atomic E-state index is 11.9. The summed E-state index contributed by atoms with van der Waals surface area (Å²) in [6.45, 7) is 4.36. The molecule has 1 aromatic carbocycles. The van der Waals surface area contributed by atoms with E-state index in [2.05, 4.69) is 26.2 Å². The highest BCUT2D eigenvalue weighted by Crippen LogP contribution is 2.24. The van der Waals surface area contributed by atoms with Gasteiger partial charge in [0, 0.05) is 18.8 Å². The smallest absolute Gasteiger partial charge is 0.287 e. The fourth-order valence-corrected chi connectivity index (χ4v) is 2.52. The fourth-order valence-electron chi connectivity index (χ4n) is 2.21. The minimum absolute atomic E-state index is 0.259. The van der Waals surface area contributed by atoms with Crippen LogP contribution in [0.25, 0.3) is 0 Å². The summed E-state index contributed by atoms with van der Waals surface area (Å²) in [5.74, 6) is 1.28. The Hall–Kier alpha value is -2.60. The summed E-state index contributed by atoms with van der Waals surface area (Å²) in [4.78, 5) is 16.2. The van der Waals surface area contributed by atoms with Crippen molar-refractivity contribution in [3.63, 3.8) is 0 Å². The van der Waals surface area contributed by atoms with Gasteiger partial charge in [0.1, 0.15) is 5.75 Å². The van der Waals surface area contributed by atoms with Crippen molar-refractivity contribution >= 4 is 21.8 Å². The van der Waals surface area contributed by atoms with Gasteiger partial charge in [-0.15, -0.1) is 0 Å². The van der Waals surface area contributed by atoms with Crippen LogP contribution in [0.2, 0.25) is 0 Å². The second-order valence-corrected chi connectivity index (χ2v) is 6.44. The van der Waals surface area contributed by atoms with Crippen LogP contribution in [0.3, 0.4) is 0 Å². The molecule has 0 radical (unpaired) electrons. The van der Waals surface area contributed by atoms with Gasteiger partial charge in [0.2, 0.25) is 5.88 Å². The van der Waals surface area contributed by atoms with Crippen LogP contribution in [0, 0.1) is 13.8 Å². The molecular weight excluding hydrogens is 384 g/mol. The van der Waals surface area contributed by atoms with E-state index >= 15 is 0 Å². The van der Waals surface area contributed by atoms with Crippen LogP contribution in [0.1, 0.15) is 27.2 Å². The van der Waals surface area contributed by atoms with E-state index in [1.54, 1.807) is 24.4 Å². The van der Waals surface area contributed by atoms with Crippen molar-refractivity contribution in [3.8, 4) is 11.6 Å². The SMILES string of the molecule is Cc1ccc(C)c(Oc2ccc(CNC(=O)c3ccc(Br)o3)cn2)c1. The van der Waals surface area contributed by atoms with Crippen LogP contribution < -0.4 is 10.1 Å². The number of halogens is 1. The molecule has 0 bridgehead atoms. The van der Waals surface area contributed by atoms with E-state index in [9.17, 15) is 4.79 Å². The van der Waals surface area contributed by atoms with E-state index in [4.69, 9.17) is 9.15 Å². The number of rotatable bonds is 5. The van der Waals surface area contributed by atoms with E-state index in [0.717, 1.165) is 22.4 Å². The van der Waals surface area contributed by atoms with Gasteiger partial charge in [-0.1, -0.05) is 18.2 Å². The predicted octanol–water partition coefficient (Wildman–Crippen LogP) is 4.78. The molecule has 6 heteroatoms. The van der Waals surface area contributed by atoms with Gasteiger partial charge in [-0.05, 0) is 64.7 Å². The second-order valence-electron chi connectivity index (χ2n) is 5.66. The fraction of sp³-hybridized carbons (Fsp3) is 0.158. The van der Waals surface area contributed by atoms with Crippen molar-refractivity contribution in [1.82, 2.24) is 10.3 Å². The summed E-state index contributed by atoms with van der Waals surface area (Å²) in [5, 5.41) is 2.78. The van der Waals surface area contributed by atoms with E-state index in [-0.39, 0.29) is 11.7 Å². The number of ether oxygens (including phenoxy) is 1. The molecule has 0 atom stereocenters. The van der Waals surface area contributed by atoms with Crippen molar-refractivity contribution in [1.29, 1.82) is 0 Å². The first-order chi connectivity index (χ1) is 12.0. The molecule has 2 heterocycles. The molecule has 25 heavy (non-hydrogen) atoms. The lowest BCUT2D eigenvalue weighted by Crippen LogP contribution is -2.22. The number of carbonyl (C=O) groups is 1. The Bertz CT molecular complexity index is 888. The normalized spacial score (nSPS) is 10.5. The van der Waals surface area contributed by atoms with Gasteiger partial charge >= 0.3 is 0 Å². The van der Waals surface area contributed by atoms with Crippen LogP contribution in [-0.4, -0.2) is 10.9 Å². The second kappa shape index (κ2) is 7.53. The summed E-state index contributed by atoms with van der Waals surface area (Å²) < 4.78 is 11.6. The highest BCUT2D eigenvalue weighted by molar-refractivity contribution is 9.10. The number of hydrogen-bond acceptors (Lipinski definition) is 4. The van der Waals surface area contributed by atoms with Gasteiger partial charge in [0.05, 0.1) is 0 Å². The Morgan fingerprint density at radius 2 is 2.04 bits per heavy atom. The number of furan rings is 1. The first-order valence-corrected chi connectivity index (χ1v) is 8.54. The third-order valence-corrected chi connectivity index (χ3v) is 4.03. The van der Waals surface area contributed by atoms with E-state index in [0.29, 0.717) is 17.1 Å². The van der Waals surface area contributed by atoms with Crippen molar-refractivity contribution in [2.75, 3.05) is 0 Å². The molecule has 0 spiro atoms. The highest BCUT2D eigenvalue weighted by atomic mass is 79.9. The molecule has 3 rings (SSSR count). The van der Waals surface area contributed by atoms with Crippen LogP contribution >= 0.6 is 15.9 Å². The van der Waals surface area contributed by atoms with E-state index in [1.165, 1.54) is 0 Å². The monoisotopic (exact) mass is 400 g/mol. The molecule has 0 saturated heterocycles. The summed E-state index contributed by atoms with van der Waals surface area (Å²) in [7, 11) is 0. The van der Waals surface area contributed by atoms with Crippen molar-refractivity contribution < 1.29 is 13.9 Å². The number of aryl methyl sites for hydroxylation is 2. The highest BCUT2D eigenvalue weighted by Gasteiger charge is 2.10. The largest absolute Gasteiger partial charge is 0.444 e. The molecule has 0 saturated carbocycles. The molecule has 0 fully saturated rings. The molecule has 0 aliphatic heterocycles. The maximum atomic E-state index is 11.9. The third kappa shape index (κ3) is 4.48. The zero-order valence-corrected chi connectivity index (χ0v) is 15.5. The molecule has 1 amide bonds. The maximum Gasteiger partial charge on any atom is 0.287 e. The van der Waals surface area contributed by atoms with Crippen molar-refractivity contribution in [2.45, 2.75) is 20.4 Å². The summed E-state index contributed by atoms with van der Waals surface area (Å²) in [6, 6.07) is 13.0. The molecule has 3 aromatic rings. The predicted molar refractivity (Wildman–Crippen MR) is 97.8 cm³/mol. The quantitative estimate of drug-likeness (QED) is 0.669. The summed E-state index contributed by atoms with van der Waals surface area (Å²) in [6.07, 6.45) is 1.68. The average Bonchev–Trinajstić information content (AvgIpc) is 3.04.